The maximum absolute atomic E-state index is 13.0. The molecule has 0 aliphatic carbocycles. The Kier molecular flexibility index (Phi) is 4.72. The Hall–Kier alpha value is -3.00. The summed E-state index contributed by atoms with van der Waals surface area (Å²) in [7, 11) is 0. The lowest BCUT2D eigenvalue weighted by Crippen LogP contribution is -1.88. The van der Waals surface area contributed by atoms with Gasteiger partial charge in [0.1, 0.15) is 5.82 Å². The zero-order chi connectivity index (χ0) is 18.8. The maximum atomic E-state index is 13.0. The fourth-order valence-corrected chi connectivity index (χ4v) is 3.09. The number of hydrogen-bond donors (Lipinski definition) is 0. The van der Waals surface area contributed by atoms with Crippen molar-refractivity contribution in [2.45, 2.75) is 24.3 Å². The van der Waals surface area contributed by atoms with Gasteiger partial charge in [-0.1, -0.05) is 29.5 Å². The second-order valence-corrected chi connectivity index (χ2v) is 7.24. The van der Waals surface area contributed by atoms with Crippen molar-refractivity contribution in [3.05, 3.63) is 65.8 Å². The van der Waals surface area contributed by atoms with Crippen LogP contribution in [0.3, 0.4) is 0 Å². The number of rotatable bonds is 5. The third kappa shape index (κ3) is 3.90. The molecule has 2 aromatic carbocycles. The van der Waals surface area contributed by atoms with E-state index in [0.717, 1.165) is 11.1 Å². The molecule has 2 aromatic heterocycles. The first-order valence-electron chi connectivity index (χ1n) is 8.25. The van der Waals surface area contributed by atoms with Gasteiger partial charge in [-0.05, 0) is 50.2 Å². The summed E-state index contributed by atoms with van der Waals surface area (Å²) in [5, 5.41) is 16.5. The van der Waals surface area contributed by atoms with Crippen LogP contribution in [-0.2, 0) is 0 Å². The van der Waals surface area contributed by atoms with Gasteiger partial charge in [0, 0.05) is 11.1 Å². The number of halogens is 1. The van der Waals surface area contributed by atoms with Crippen LogP contribution in [0.15, 0.2) is 62.6 Å². The summed E-state index contributed by atoms with van der Waals surface area (Å²) >= 11 is 1.33. The third-order valence-corrected chi connectivity index (χ3v) is 4.78. The minimum Gasteiger partial charge on any atom is -0.419 e. The smallest absolute Gasteiger partial charge is 0.277 e. The van der Waals surface area contributed by atoms with Crippen molar-refractivity contribution in [3.63, 3.8) is 0 Å². The summed E-state index contributed by atoms with van der Waals surface area (Å²) in [6.07, 6.45) is 0. The maximum Gasteiger partial charge on any atom is 0.277 e. The van der Waals surface area contributed by atoms with Crippen molar-refractivity contribution in [3.8, 4) is 22.9 Å². The molecule has 2 heterocycles. The fraction of sp³-hybridized carbons (Fsp3) is 0.158. The summed E-state index contributed by atoms with van der Waals surface area (Å²) in [6.45, 7) is 3.92. The van der Waals surface area contributed by atoms with E-state index in [-0.39, 0.29) is 11.1 Å². The van der Waals surface area contributed by atoms with Crippen LogP contribution in [0.2, 0.25) is 0 Å². The first-order chi connectivity index (χ1) is 13.1. The molecule has 4 rings (SSSR count). The molecule has 0 aliphatic heterocycles. The van der Waals surface area contributed by atoms with E-state index >= 15 is 0 Å². The first kappa shape index (κ1) is 17.4. The molecule has 27 heavy (non-hydrogen) atoms. The average Bonchev–Trinajstić information content (AvgIpc) is 3.33. The quantitative estimate of drug-likeness (QED) is 0.445. The van der Waals surface area contributed by atoms with E-state index in [1.807, 2.05) is 38.1 Å². The summed E-state index contributed by atoms with van der Waals surface area (Å²) in [6, 6.07) is 13.7. The Bertz CT molecular complexity index is 1040. The normalized spacial score (nSPS) is 12.3. The minimum atomic E-state index is -0.316. The molecule has 0 aliphatic rings. The van der Waals surface area contributed by atoms with Crippen molar-refractivity contribution in [2.75, 3.05) is 0 Å². The average molecular weight is 382 g/mol. The van der Waals surface area contributed by atoms with Crippen molar-refractivity contribution in [1.29, 1.82) is 0 Å². The lowest BCUT2D eigenvalue weighted by atomic mass is 10.1. The SMILES string of the molecule is Cc1ccc(-c2nnc(S[C@@H](C)c3nnc(-c4ccc(F)cc4)o3)o2)cc1. The summed E-state index contributed by atoms with van der Waals surface area (Å²) in [4.78, 5) is 0. The molecule has 6 nitrogen and oxygen atoms in total. The van der Waals surface area contributed by atoms with Gasteiger partial charge >= 0.3 is 0 Å². The highest BCUT2D eigenvalue weighted by molar-refractivity contribution is 7.99. The van der Waals surface area contributed by atoms with Gasteiger partial charge in [0.25, 0.3) is 5.22 Å². The molecule has 0 radical (unpaired) electrons. The van der Waals surface area contributed by atoms with E-state index in [1.54, 1.807) is 12.1 Å². The summed E-state index contributed by atoms with van der Waals surface area (Å²) in [5.41, 5.74) is 2.69. The van der Waals surface area contributed by atoms with Crippen LogP contribution in [-0.4, -0.2) is 20.4 Å². The monoisotopic (exact) mass is 382 g/mol. The topological polar surface area (TPSA) is 77.8 Å². The lowest BCUT2D eigenvalue weighted by molar-refractivity contribution is 0.461. The Morgan fingerprint density at radius 3 is 2.11 bits per heavy atom. The molecule has 4 aromatic rings. The van der Waals surface area contributed by atoms with E-state index in [1.165, 1.54) is 23.9 Å². The highest BCUT2D eigenvalue weighted by Gasteiger charge is 2.20. The molecular weight excluding hydrogens is 367 g/mol. The number of aromatic nitrogens is 4. The highest BCUT2D eigenvalue weighted by atomic mass is 32.2. The molecule has 8 heteroatoms. The van der Waals surface area contributed by atoms with Crippen molar-refractivity contribution >= 4 is 11.8 Å². The Morgan fingerprint density at radius 2 is 1.41 bits per heavy atom. The van der Waals surface area contributed by atoms with Gasteiger partial charge in [0.15, 0.2) is 0 Å². The molecule has 0 spiro atoms. The largest absolute Gasteiger partial charge is 0.419 e. The molecule has 1 atom stereocenters. The van der Waals surface area contributed by atoms with Crippen LogP contribution in [0.1, 0.15) is 23.6 Å². The Morgan fingerprint density at radius 1 is 0.815 bits per heavy atom. The van der Waals surface area contributed by atoms with Gasteiger partial charge in [0.05, 0.1) is 5.25 Å². The third-order valence-electron chi connectivity index (χ3n) is 3.86. The van der Waals surface area contributed by atoms with Gasteiger partial charge in [-0.15, -0.1) is 20.4 Å². The molecule has 0 fully saturated rings. The number of nitrogens with zero attached hydrogens (tertiary/aromatic N) is 4. The second kappa shape index (κ2) is 7.32. The van der Waals surface area contributed by atoms with Crippen molar-refractivity contribution < 1.29 is 13.2 Å². The zero-order valence-corrected chi connectivity index (χ0v) is 15.4. The molecule has 0 bridgehead atoms. The Labute approximate surface area is 158 Å². The molecule has 0 saturated heterocycles. The first-order valence-corrected chi connectivity index (χ1v) is 9.13. The van der Waals surface area contributed by atoms with E-state index < -0.39 is 0 Å². The van der Waals surface area contributed by atoms with Crippen LogP contribution in [0.4, 0.5) is 4.39 Å². The van der Waals surface area contributed by atoms with E-state index in [0.29, 0.717) is 28.5 Å². The van der Waals surface area contributed by atoms with E-state index in [4.69, 9.17) is 8.83 Å². The second-order valence-electron chi connectivity index (χ2n) is 5.95. The number of thioether (sulfide) groups is 1. The number of aryl methyl sites for hydroxylation is 1. The lowest BCUT2D eigenvalue weighted by Gasteiger charge is -2.01. The number of hydrogen-bond acceptors (Lipinski definition) is 7. The zero-order valence-electron chi connectivity index (χ0n) is 14.6. The molecule has 0 amide bonds. The highest BCUT2D eigenvalue weighted by Crippen LogP contribution is 2.35. The van der Waals surface area contributed by atoms with Gasteiger partial charge < -0.3 is 8.83 Å². The van der Waals surface area contributed by atoms with Crippen LogP contribution in [0.25, 0.3) is 22.9 Å². The van der Waals surface area contributed by atoms with Gasteiger partial charge in [-0.25, -0.2) is 4.39 Å². The Balaban J connectivity index is 1.47. The van der Waals surface area contributed by atoms with Crippen LogP contribution < -0.4 is 0 Å². The van der Waals surface area contributed by atoms with Crippen molar-refractivity contribution in [1.82, 2.24) is 20.4 Å². The van der Waals surface area contributed by atoms with Gasteiger partial charge in [-0.2, -0.15) is 0 Å². The summed E-state index contributed by atoms with van der Waals surface area (Å²) < 4.78 is 24.4. The molecule has 0 saturated carbocycles. The van der Waals surface area contributed by atoms with Crippen LogP contribution in [0, 0.1) is 12.7 Å². The predicted octanol–water partition coefficient (Wildman–Crippen LogP) is 5.09. The standard InChI is InChI=1S/C19H15FN4O2S/c1-11-3-5-13(6-4-11)18-23-24-19(26-18)27-12(2)16-21-22-17(25-16)14-7-9-15(20)10-8-14/h3-10,12H,1-2H3/t12-/m0/s1. The minimum absolute atomic E-state index is 0.182. The molecule has 136 valence electrons. The molecular formula is C19H15FN4O2S. The van der Waals surface area contributed by atoms with Gasteiger partial charge in [-0.3, -0.25) is 0 Å². The summed E-state index contributed by atoms with van der Waals surface area (Å²) in [5.74, 6) is 0.906. The fourth-order valence-electron chi connectivity index (χ4n) is 2.38. The molecule has 0 N–H and O–H groups in total. The van der Waals surface area contributed by atoms with Crippen molar-refractivity contribution in [2.24, 2.45) is 0 Å². The predicted molar refractivity (Wildman–Crippen MR) is 98.4 cm³/mol. The van der Waals surface area contributed by atoms with Crippen LogP contribution >= 0.6 is 11.8 Å². The van der Waals surface area contributed by atoms with E-state index in [2.05, 4.69) is 20.4 Å². The van der Waals surface area contributed by atoms with E-state index in [9.17, 15) is 4.39 Å². The van der Waals surface area contributed by atoms with Crippen LogP contribution in [0.5, 0.6) is 0 Å². The van der Waals surface area contributed by atoms with Gasteiger partial charge in [0.2, 0.25) is 17.7 Å². The molecule has 0 unspecified atom stereocenters. The number of benzene rings is 2.